The lowest BCUT2D eigenvalue weighted by molar-refractivity contribution is 0.0490. The Labute approximate surface area is 114 Å². The normalized spacial score (nSPS) is 16.8. The molecule has 1 N–H and O–H groups in total. The van der Waals surface area contributed by atoms with Gasteiger partial charge in [0.25, 0.3) is 0 Å². The first-order valence-electron chi connectivity index (χ1n) is 7.01. The fourth-order valence-corrected chi connectivity index (χ4v) is 2.16. The van der Waals surface area contributed by atoms with Gasteiger partial charge in [0.15, 0.2) is 0 Å². The van der Waals surface area contributed by atoms with Crippen LogP contribution < -0.4 is 4.74 Å². The highest BCUT2D eigenvalue weighted by atomic mass is 16.5. The standard InChI is InChI=1S/C15H23NO3/c1-11(2)14-7-13(9-17)8-15(16-14)19-10-12-3-5-18-6-4-12/h7-8,11-12,17H,3-6,9-10H2,1-2H3. The van der Waals surface area contributed by atoms with Crippen molar-refractivity contribution in [2.45, 2.75) is 39.2 Å². The van der Waals surface area contributed by atoms with Crippen molar-refractivity contribution in [3.63, 3.8) is 0 Å². The minimum absolute atomic E-state index is 0.0237. The van der Waals surface area contributed by atoms with Gasteiger partial charge < -0.3 is 14.6 Å². The molecule has 1 fully saturated rings. The van der Waals surface area contributed by atoms with Gasteiger partial charge in [-0.2, -0.15) is 0 Å². The van der Waals surface area contributed by atoms with Gasteiger partial charge in [-0.25, -0.2) is 4.98 Å². The van der Waals surface area contributed by atoms with E-state index in [-0.39, 0.29) is 6.61 Å². The summed E-state index contributed by atoms with van der Waals surface area (Å²) in [7, 11) is 0. The Kier molecular flexibility index (Phi) is 5.16. The Hall–Kier alpha value is -1.13. The van der Waals surface area contributed by atoms with Crippen molar-refractivity contribution in [3.8, 4) is 5.88 Å². The number of rotatable bonds is 5. The van der Waals surface area contributed by atoms with E-state index in [4.69, 9.17) is 9.47 Å². The van der Waals surface area contributed by atoms with E-state index >= 15 is 0 Å². The third-order valence-electron chi connectivity index (χ3n) is 3.46. The number of hydrogen-bond acceptors (Lipinski definition) is 4. The molecular weight excluding hydrogens is 242 g/mol. The number of ether oxygens (including phenoxy) is 2. The second kappa shape index (κ2) is 6.87. The molecule has 1 aliphatic heterocycles. The van der Waals surface area contributed by atoms with Crippen LogP contribution in [0.1, 0.15) is 43.9 Å². The molecule has 1 saturated heterocycles. The molecule has 2 heterocycles. The lowest BCUT2D eigenvalue weighted by atomic mass is 10.0. The molecule has 1 aromatic heterocycles. The summed E-state index contributed by atoms with van der Waals surface area (Å²) in [6.45, 7) is 6.54. The summed E-state index contributed by atoms with van der Waals surface area (Å²) in [5, 5.41) is 9.29. The van der Waals surface area contributed by atoms with Crippen molar-refractivity contribution in [2.75, 3.05) is 19.8 Å². The van der Waals surface area contributed by atoms with E-state index in [0.29, 0.717) is 24.3 Å². The van der Waals surface area contributed by atoms with Gasteiger partial charge in [-0.1, -0.05) is 13.8 Å². The summed E-state index contributed by atoms with van der Waals surface area (Å²) in [6, 6.07) is 3.76. The first-order valence-corrected chi connectivity index (χ1v) is 7.01. The predicted molar refractivity (Wildman–Crippen MR) is 73.3 cm³/mol. The fraction of sp³-hybridized carbons (Fsp3) is 0.667. The molecule has 1 aromatic rings. The van der Waals surface area contributed by atoms with Gasteiger partial charge in [0.05, 0.1) is 13.2 Å². The quantitative estimate of drug-likeness (QED) is 0.888. The number of aliphatic hydroxyl groups excluding tert-OH is 1. The van der Waals surface area contributed by atoms with E-state index in [1.807, 2.05) is 12.1 Å². The summed E-state index contributed by atoms with van der Waals surface area (Å²) in [5.74, 6) is 1.51. The molecule has 2 rings (SSSR count). The van der Waals surface area contributed by atoms with E-state index in [9.17, 15) is 5.11 Å². The minimum Gasteiger partial charge on any atom is -0.477 e. The first-order chi connectivity index (χ1) is 9.19. The fourth-order valence-electron chi connectivity index (χ4n) is 2.16. The second-order valence-electron chi connectivity index (χ2n) is 5.42. The molecule has 106 valence electrons. The molecule has 0 atom stereocenters. The lowest BCUT2D eigenvalue weighted by Crippen LogP contribution is -2.21. The average Bonchev–Trinajstić information content (AvgIpc) is 2.45. The zero-order chi connectivity index (χ0) is 13.7. The molecule has 0 aromatic carbocycles. The molecule has 0 aliphatic carbocycles. The van der Waals surface area contributed by atoms with Crippen molar-refractivity contribution >= 4 is 0 Å². The smallest absolute Gasteiger partial charge is 0.213 e. The van der Waals surface area contributed by atoms with Gasteiger partial charge in [-0.15, -0.1) is 0 Å². The molecule has 4 heteroatoms. The van der Waals surface area contributed by atoms with Crippen LogP contribution in [0.25, 0.3) is 0 Å². The van der Waals surface area contributed by atoms with E-state index < -0.39 is 0 Å². The number of aromatic nitrogens is 1. The molecule has 19 heavy (non-hydrogen) atoms. The van der Waals surface area contributed by atoms with Crippen molar-refractivity contribution in [1.29, 1.82) is 0 Å². The van der Waals surface area contributed by atoms with Gasteiger partial charge in [-0.3, -0.25) is 0 Å². The van der Waals surface area contributed by atoms with Crippen molar-refractivity contribution < 1.29 is 14.6 Å². The van der Waals surface area contributed by atoms with Gasteiger partial charge >= 0.3 is 0 Å². The number of nitrogens with zero attached hydrogens (tertiary/aromatic N) is 1. The average molecular weight is 265 g/mol. The molecule has 1 aliphatic rings. The van der Waals surface area contributed by atoms with Gasteiger partial charge in [-0.05, 0) is 36.3 Å². The third kappa shape index (κ3) is 4.18. The van der Waals surface area contributed by atoms with Crippen molar-refractivity contribution in [2.24, 2.45) is 5.92 Å². The SMILES string of the molecule is CC(C)c1cc(CO)cc(OCC2CCOCC2)n1. The molecule has 0 spiro atoms. The highest BCUT2D eigenvalue weighted by Gasteiger charge is 2.15. The van der Waals surface area contributed by atoms with Crippen LogP contribution in [0.2, 0.25) is 0 Å². The van der Waals surface area contributed by atoms with Crippen LogP contribution >= 0.6 is 0 Å². The van der Waals surface area contributed by atoms with Crippen molar-refractivity contribution in [1.82, 2.24) is 4.98 Å². The van der Waals surface area contributed by atoms with Crippen LogP contribution in [0.15, 0.2) is 12.1 Å². The maximum absolute atomic E-state index is 9.29. The highest BCUT2D eigenvalue weighted by Crippen LogP contribution is 2.21. The summed E-state index contributed by atoms with van der Waals surface area (Å²) in [6.07, 6.45) is 2.10. The van der Waals surface area contributed by atoms with Gasteiger partial charge in [0, 0.05) is 25.0 Å². The maximum atomic E-state index is 9.29. The van der Waals surface area contributed by atoms with E-state index in [0.717, 1.165) is 37.3 Å². The van der Waals surface area contributed by atoms with Gasteiger partial charge in [0.1, 0.15) is 0 Å². The third-order valence-corrected chi connectivity index (χ3v) is 3.46. The van der Waals surface area contributed by atoms with Crippen molar-refractivity contribution in [3.05, 3.63) is 23.4 Å². The number of aliphatic hydroxyl groups is 1. The molecular formula is C15H23NO3. The number of pyridine rings is 1. The zero-order valence-electron chi connectivity index (χ0n) is 11.8. The Morgan fingerprint density at radius 1 is 1.37 bits per heavy atom. The van der Waals surface area contributed by atoms with E-state index in [2.05, 4.69) is 18.8 Å². The van der Waals surface area contributed by atoms with E-state index in [1.54, 1.807) is 0 Å². The highest BCUT2D eigenvalue weighted by molar-refractivity contribution is 5.26. The van der Waals surface area contributed by atoms with Crippen LogP contribution in [0.3, 0.4) is 0 Å². The van der Waals surface area contributed by atoms with Crippen LogP contribution in [-0.2, 0) is 11.3 Å². The number of hydrogen-bond donors (Lipinski definition) is 1. The van der Waals surface area contributed by atoms with Crippen LogP contribution in [0, 0.1) is 5.92 Å². The summed E-state index contributed by atoms with van der Waals surface area (Å²) >= 11 is 0. The van der Waals surface area contributed by atoms with Crippen LogP contribution in [-0.4, -0.2) is 29.9 Å². The second-order valence-corrected chi connectivity index (χ2v) is 5.42. The van der Waals surface area contributed by atoms with Gasteiger partial charge in [0.2, 0.25) is 5.88 Å². The maximum Gasteiger partial charge on any atom is 0.213 e. The van der Waals surface area contributed by atoms with Crippen LogP contribution in [0.5, 0.6) is 5.88 Å². The topological polar surface area (TPSA) is 51.6 Å². The Bertz CT molecular complexity index is 400. The Balaban J connectivity index is 2.00. The molecule has 0 bridgehead atoms. The summed E-state index contributed by atoms with van der Waals surface area (Å²) in [4.78, 5) is 4.50. The van der Waals surface area contributed by atoms with Crippen LogP contribution in [0.4, 0.5) is 0 Å². The Morgan fingerprint density at radius 3 is 2.74 bits per heavy atom. The zero-order valence-corrected chi connectivity index (χ0v) is 11.8. The predicted octanol–water partition coefficient (Wildman–Crippen LogP) is 2.50. The largest absolute Gasteiger partial charge is 0.477 e. The molecule has 4 nitrogen and oxygen atoms in total. The first kappa shape index (κ1) is 14.3. The molecule has 0 saturated carbocycles. The Morgan fingerprint density at radius 2 is 2.11 bits per heavy atom. The summed E-state index contributed by atoms with van der Waals surface area (Å²) < 4.78 is 11.1. The lowest BCUT2D eigenvalue weighted by Gasteiger charge is -2.22. The van der Waals surface area contributed by atoms with E-state index in [1.165, 1.54) is 0 Å². The molecule has 0 radical (unpaired) electrons. The monoisotopic (exact) mass is 265 g/mol. The summed E-state index contributed by atoms with van der Waals surface area (Å²) in [5.41, 5.74) is 1.83. The molecule has 0 amide bonds. The molecule has 0 unspecified atom stereocenters. The minimum atomic E-state index is 0.0237.